The standard InChI is InChI=1S/C20H22N2O4/c1-14(10-11-15-8-6-5-7-9-15)21-22-20(23)16-12-17(24-2)19(26-4)18(13-16)25-3/h5-13H,1-4H3,(H,22,23)/b11-10+,21-14-. The minimum Gasteiger partial charge on any atom is -0.493 e. The lowest BCUT2D eigenvalue weighted by atomic mass is 10.1. The first kappa shape index (κ1) is 19.1. The maximum atomic E-state index is 12.4. The summed E-state index contributed by atoms with van der Waals surface area (Å²) in [5.41, 5.74) is 4.59. The topological polar surface area (TPSA) is 69.2 Å². The third-order valence-electron chi connectivity index (χ3n) is 3.58. The molecule has 0 saturated carbocycles. The Kier molecular flexibility index (Phi) is 6.79. The van der Waals surface area contributed by atoms with E-state index in [1.165, 1.54) is 21.3 Å². The summed E-state index contributed by atoms with van der Waals surface area (Å²) >= 11 is 0. The molecule has 1 N–H and O–H groups in total. The normalized spacial score (nSPS) is 11.3. The summed E-state index contributed by atoms with van der Waals surface area (Å²) in [5.74, 6) is 0.858. The van der Waals surface area contributed by atoms with Crippen LogP contribution in [0.25, 0.3) is 6.08 Å². The Bertz CT molecular complexity index is 789. The number of hydrazone groups is 1. The van der Waals surface area contributed by atoms with Crippen LogP contribution in [0, 0.1) is 0 Å². The Hall–Kier alpha value is -3.28. The quantitative estimate of drug-likeness (QED) is 0.610. The summed E-state index contributed by atoms with van der Waals surface area (Å²) in [7, 11) is 4.50. The second-order valence-corrected chi connectivity index (χ2v) is 5.35. The van der Waals surface area contributed by atoms with Gasteiger partial charge >= 0.3 is 0 Å². The lowest BCUT2D eigenvalue weighted by Gasteiger charge is -2.13. The molecule has 2 aromatic rings. The molecule has 0 fully saturated rings. The van der Waals surface area contributed by atoms with Crippen molar-refractivity contribution in [1.82, 2.24) is 5.43 Å². The molecule has 0 saturated heterocycles. The molecule has 26 heavy (non-hydrogen) atoms. The SMILES string of the molecule is COc1cc(C(=O)N/N=C(C)\C=C\c2ccccc2)cc(OC)c1OC. The zero-order valence-electron chi connectivity index (χ0n) is 15.3. The van der Waals surface area contributed by atoms with E-state index in [2.05, 4.69) is 10.5 Å². The van der Waals surface area contributed by atoms with Crippen LogP contribution >= 0.6 is 0 Å². The molecule has 2 rings (SSSR count). The predicted octanol–water partition coefficient (Wildman–Crippen LogP) is 3.53. The fourth-order valence-corrected chi connectivity index (χ4v) is 2.23. The highest BCUT2D eigenvalue weighted by Gasteiger charge is 2.16. The molecule has 0 heterocycles. The molecular formula is C20H22N2O4. The minimum atomic E-state index is -0.378. The Morgan fingerprint density at radius 2 is 1.62 bits per heavy atom. The van der Waals surface area contributed by atoms with Crippen molar-refractivity contribution in [3.05, 3.63) is 59.7 Å². The third kappa shape index (κ3) is 4.86. The molecule has 0 aliphatic heterocycles. The molecule has 6 nitrogen and oxygen atoms in total. The lowest BCUT2D eigenvalue weighted by molar-refractivity contribution is 0.0954. The van der Waals surface area contributed by atoms with Gasteiger partial charge in [-0.3, -0.25) is 4.79 Å². The summed E-state index contributed by atoms with van der Waals surface area (Å²) in [4.78, 5) is 12.4. The zero-order chi connectivity index (χ0) is 18.9. The fourth-order valence-electron chi connectivity index (χ4n) is 2.23. The van der Waals surface area contributed by atoms with Crippen molar-refractivity contribution in [2.45, 2.75) is 6.92 Å². The van der Waals surface area contributed by atoms with Crippen molar-refractivity contribution in [2.24, 2.45) is 5.10 Å². The molecule has 2 aromatic carbocycles. The number of rotatable bonds is 7. The number of benzene rings is 2. The summed E-state index contributed by atoms with van der Waals surface area (Å²) in [6.45, 7) is 1.80. The second kappa shape index (κ2) is 9.27. The maximum absolute atomic E-state index is 12.4. The molecule has 0 bridgehead atoms. The zero-order valence-corrected chi connectivity index (χ0v) is 15.3. The van der Waals surface area contributed by atoms with Gasteiger partial charge in [0.2, 0.25) is 5.75 Å². The van der Waals surface area contributed by atoms with E-state index in [1.807, 2.05) is 42.5 Å². The Balaban J connectivity index is 2.13. The van der Waals surface area contributed by atoms with Crippen molar-refractivity contribution in [3.8, 4) is 17.2 Å². The van der Waals surface area contributed by atoms with Gasteiger partial charge in [0.15, 0.2) is 11.5 Å². The van der Waals surface area contributed by atoms with Gasteiger partial charge in [-0.15, -0.1) is 0 Å². The number of allylic oxidation sites excluding steroid dienone is 1. The number of carbonyl (C=O) groups excluding carboxylic acids is 1. The van der Waals surface area contributed by atoms with Gasteiger partial charge in [-0.1, -0.05) is 36.4 Å². The van der Waals surface area contributed by atoms with E-state index in [0.717, 1.165) is 5.56 Å². The number of ether oxygens (including phenoxy) is 3. The lowest BCUT2D eigenvalue weighted by Crippen LogP contribution is -2.19. The average molecular weight is 354 g/mol. The molecule has 0 atom stereocenters. The molecule has 0 spiro atoms. The average Bonchev–Trinajstić information content (AvgIpc) is 2.69. The molecule has 1 amide bonds. The van der Waals surface area contributed by atoms with Crippen molar-refractivity contribution in [1.29, 1.82) is 0 Å². The van der Waals surface area contributed by atoms with E-state index in [0.29, 0.717) is 28.5 Å². The van der Waals surface area contributed by atoms with Crippen molar-refractivity contribution >= 4 is 17.7 Å². The van der Waals surface area contributed by atoms with Gasteiger partial charge in [0.05, 0.1) is 27.0 Å². The van der Waals surface area contributed by atoms with E-state index in [1.54, 1.807) is 19.1 Å². The Labute approximate surface area is 153 Å². The van der Waals surface area contributed by atoms with Crippen molar-refractivity contribution in [2.75, 3.05) is 21.3 Å². The maximum Gasteiger partial charge on any atom is 0.271 e. The first-order valence-corrected chi connectivity index (χ1v) is 7.96. The van der Waals surface area contributed by atoms with Crippen LogP contribution in [0.3, 0.4) is 0 Å². The number of methoxy groups -OCH3 is 3. The van der Waals surface area contributed by atoms with E-state index in [9.17, 15) is 4.79 Å². The number of amides is 1. The fraction of sp³-hybridized carbons (Fsp3) is 0.200. The Morgan fingerprint density at radius 3 is 2.15 bits per heavy atom. The first-order chi connectivity index (χ1) is 12.6. The molecule has 0 unspecified atom stereocenters. The third-order valence-corrected chi connectivity index (χ3v) is 3.58. The van der Waals surface area contributed by atoms with Crippen LogP contribution in [0.5, 0.6) is 17.2 Å². The molecule has 0 aliphatic carbocycles. The summed E-state index contributed by atoms with van der Waals surface area (Å²) in [6, 6.07) is 13.0. The summed E-state index contributed by atoms with van der Waals surface area (Å²) in [5, 5.41) is 4.09. The van der Waals surface area contributed by atoms with Crippen LogP contribution in [-0.4, -0.2) is 32.9 Å². The van der Waals surface area contributed by atoms with Gasteiger partial charge < -0.3 is 14.2 Å². The van der Waals surface area contributed by atoms with Gasteiger partial charge in [0, 0.05) is 5.56 Å². The monoisotopic (exact) mass is 354 g/mol. The number of carbonyl (C=O) groups is 1. The summed E-state index contributed by atoms with van der Waals surface area (Å²) < 4.78 is 15.7. The number of hydrogen-bond acceptors (Lipinski definition) is 5. The molecule has 6 heteroatoms. The van der Waals surface area contributed by atoms with Crippen molar-refractivity contribution < 1.29 is 19.0 Å². The predicted molar refractivity (Wildman–Crippen MR) is 102 cm³/mol. The second-order valence-electron chi connectivity index (χ2n) is 5.35. The molecular weight excluding hydrogens is 332 g/mol. The highest BCUT2D eigenvalue weighted by Crippen LogP contribution is 2.38. The van der Waals surface area contributed by atoms with E-state index >= 15 is 0 Å². The number of nitrogens with zero attached hydrogens (tertiary/aromatic N) is 1. The van der Waals surface area contributed by atoms with Crippen LogP contribution in [0.15, 0.2) is 53.6 Å². The first-order valence-electron chi connectivity index (χ1n) is 7.96. The van der Waals surface area contributed by atoms with Crippen LogP contribution in [-0.2, 0) is 0 Å². The largest absolute Gasteiger partial charge is 0.493 e. The molecule has 0 aliphatic rings. The van der Waals surface area contributed by atoms with Crippen LogP contribution in [0.1, 0.15) is 22.8 Å². The number of hydrogen-bond donors (Lipinski definition) is 1. The van der Waals surface area contributed by atoms with E-state index in [4.69, 9.17) is 14.2 Å². The highest BCUT2D eigenvalue weighted by molar-refractivity contribution is 5.99. The van der Waals surface area contributed by atoms with Gasteiger partial charge in [-0.2, -0.15) is 5.10 Å². The van der Waals surface area contributed by atoms with Gasteiger partial charge in [-0.25, -0.2) is 5.43 Å². The number of nitrogens with one attached hydrogen (secondary N) is 1. The molecule has 0 radical (unpaired) electrons. The molecule has 0 aromatic heterocycles. The smallest absolute Gasteiger partial charge is 0.271 e. The van der Waals surface area contributed by atoms with Crippen LogP contribution < -0.4 is 19.6 Å². The van der Waals surface area contributed by atoms with Crippen molar-refractivity contribution in [3.63, 3.8) is 0 Å². The van der Waals surface area contributed by atoms with Crippen LogP contribution in [0.2, 0.25) is 0 Å². The Morgan fingerprint density at radius 1 is 1.00 bits per heavy atom. The van der Waals surface area contributed by atoms with E-state index < -0.39 is 0 Å². The molecule has 136 valence electrons. The van der Waals surface area contributed by atoms with Gasteiger partial charge in [0.1, 0.15) is 0 Å². The highest BCUT2D eigenvalue weighted by atomic mass is 16.5. The van der Waals surface area contributed by atoms with E-state index in [-0.39, 0.29) is 5.91 Å². The minimum absolute atomic E-state index is 0.350. The van der Waals surface area contributed by atoms with Gasteiger partial charge in [-0.05, 0) is 30.7 Å². The van der Waals surface area contributed by atoms with Gasteiger partial charge in [0.25, 0.3) is 5.91 Å². The summed E-state index contributed by atoms with van der Waals surface area (Å²) in [6.07, 6.45) is 3.75. The van der Waals surface area contributed by atoms with Crippen LogP contribution in [0.4, 0.5) is 0 Å².